The third-order valence-corrected chi connectivity index (χ3v) is 5.58. The third kappa shape index (κ3) is 10.8. The zero-order valence-corrected chi connectivity index (χ0v) is 19.7. The summed E-state index contributed by atoms with van der Waals surface area (Å²) in [5.74, 6) is -1.01. The molecule has 2 atom stereocenters. The van der Waals surface area contributed by atoms with Gasteiger partial charge in [0, 0.05) is 50.5 Å². The zero-order valence-electron chi connectivity index (χ0n) is 18.8. The molecule has 2 amide bonds. The summed E-state index contributed by atoms with van der Waals surface area (Å²) >= 11 is -2.93. The van der Waals surface area contributed by atoms with Gasteiger partial charge in [-0.05, 0) is 12.0 Å². The number of rotatable bonds is 15. The van der Waals surface area contributed by atoms with Gasteiger partial charge in [0.25, 0.3) is 5.91 Å². The maximum Gasteiger partial charge on any atom is 0.407 e. The first-order chi connectivity index (χ1) is 16.5. The van der Waals surface area contributed by atoms with Crippen molar-refractivity contribution in [2.75, 3.05) is 59.1 Å². The molecule has 1 unspecified atom stereocenters. The molecule has 1 saturated heterocycles. The molecule has 0 radical (unpaired) electrons. The van der Waals surface area contributed by atoms with Crippen molar-refractivity contribution in [1.29, 1.82) is 0 Å². The Morgan fingerprint density at radius 2 is 1.94 bits per heavy atom. The van der Waals surface area contributed by atoms with Gasteiger partial charge in [-0.1, -0.05) is 30.3 Å². The van der Waals surface area contributed by atoms with E-state index in [9.17, 15) is 18.4 Å². The van der Waals surface area contributed by atoms with E-state index in [1.807, 2.05) is 18.2 Å². The highest BCUT2D eigenvalue weighted by molar-refractivity contribution is 7.76. The van der Waals surface area contributed by atoms with E-state index in [4.69, 9.17) is 19.5 Å². The number of piperazine rings is 1. The van der Waals surface area contributed by atoms with E-state index in [1.54, 1.807) is 12.1 Å². The summed E-state index contributed by atoms with van der Waals surface area (Å²) in [7, 11) is 0. The number of ether oxygens (including phenoxy) is 2. The molecule has 1 heterocycles. The van der Waals surface area contributed by atoms with E-state index in [0.29, 0.717) is 11.1 Å². The van der Waals surface area contributed by atoms with E-state index in [0.717, 1.165) is 38.3 Å². The lowest BCUT2D eigenvalue weighted by Gasteiger charge is -2.30. The summed E-state index contributed by atoms with van der Waals surface area (Å²) in [6.45, 7) is 4.88. The molecule has 1 fully saturated rings. The van der Waals surface area contributed by atoms with Crippen molar-refractivity contribution in [3.05, 3.63) is 35.9 Å². The molecule has 1 aliphatic heterocycles. The second-order valence-electron chi connectivity index (χ2n) is 7.31. The molecule has 34 heavy (non-hydrogen) atoms. The number of amides is 2. The van der Waals surface area contributed by atoms with Gasteiger partial charge in [0.15, 0.2) is 0 Å². The predicted molar refractivity (Wildman–Crippen MR) is 120 cm³/mol. The first kappa shape index (κ1) is 28.1. The first-order valence-corrected chi connectivity index (χ1v) is 11.9. The molecule has 0 spiro atoms. The molecule has 0 aliphatic carbocycles. The lowest BCUT2D eigenvalue weighted by molar-refractivity contribution is -0.159. The molecule has 0 bridgehead atoms. The minimum atomic E-state index is -2.93. The average molecular weight is 503 g/mol. The second-order valence-corrected chi connectivity index (χ2v) is 8.10. The fourth-order valence-corrected chi connectivity index (χ4v) is 3.71. The van der Waals surface area contributed by atoms with Crippen LogP contribution in [0.1, 0.15) is 12.0 Å². The predicted octanol–water partition coefficient (Wildman–Crippen LogP) is -0.874. The van der Waals surface area contributed by atoms with Crippen LogP contribution < -0.4 is 16.1 Å². The van der Waals surface area contributed by atoms with Crippen LogP contribution in [0, 0.1) is 0 Å². The molecule has 1 aromatic rings. The normalized spacial score (nSPS) is 16.1. The number of carbonyl (C=O) groups excluding carboxylic acids is 2. The molecule has 2 rings (SSSR count). The standard InChI is InChI=1S/C20H33N5O8S/c26-19(23-28)18(6-7-22-20(27)32-16-17-4-2-1-3-5-17)25(34(29)30)33-15-14-31-13-12-24-10-8-21-9-11-24/h1-5,18,21,28H,6-16H2,(H,22,27)(H,23,26)(H,29,30)/p-1/t18-/m1/s1. The van der Waals surface area contributed by atoms with Crippen LogP contribution in [0.5, 0.6) is 0 Å². The fraction of sp³-hybridized carbons (Fsp3) is 0.600. The van der Waals surface area contributed by atoms with Crippen molar-refractivity contribution in [1.82, 2.24) is 25.5 Å². The van der Waals surface area contributed by atoms with Crippen LogP contribution in [0.15, 0.2) is 30.3 Å². The minimum Gasteiger partial charge on any atom is -0.758 e. The Labute approximate surface area is 201 Å². The highest BCUT2D eigenvalue weighted by atomic mass is 32.2. The number of hydrogen-bond acceptors (Lipinski definition) is 10. The Kier molecular flexibility index (Phi) is 13.6. The molecule has 13 nitrogen and oxygen atoms in total. The van der Waals surface area contributed by atoms with Crippen LogP contribution >= 0.6 is 0 Å². The number of benzene rings is 1. The lowest BCUT2D eigenvalue weighted by atomic mass is 10.2. The summed E-state index contributed by atoms with van der Waals surface area (Å²) < 4.78 is 34.2. The maximum absolute atomic E-state index is 12.0. The molecule has 1 aliphatic rings. The lowest BCUT2D eigenvalue weighted by Crippen LogP contribution is -2.48. The van der Waals surface area contributed by atoms with Gasteiger partial charge in [0.05, 0.1) is 19.8 Å². The number of hydrogen-bond donors (Lipinski definition) is 4. The van der Waals surface area contributed by atoms with E-state index < -0.39 is 29.3 Å². The summed E-state index contributed by atoms with van der Waals surface area (Å²) in [5, 5.41) is 14.7. The van der Waals surface area contributed by atoms with Crippen LogP contribution in [-0.2, 0) is 37.0 Å². The largest absolute Gasteiger partial charge is 0.758 e. The smallest absolute Gasteiger partial charge is 0.407 e. The van der Waals surface area contributed by atoms with Gasteiger partial charge in [-0.3, -0.25) is 23.9 Å². The topological polar surface area (TPSA) is 165 Å². The van der Waals surface area contributed by atoms with Gasteiger partial charge in [-0.15, -0.1) is 4.47 Å². The highest BCUT2D eigenvalue weighted by Crippen LogP contribution is 2.09. The first-order valence-electron chi connectivity index (χ1n) is 10.9. The van der Waals surface area contributed by atoms with Gasteiger partial charge >= 0.3 is 6.09 Å². The maximum atomic E-state index is 12.0. The van der Waals surface area contributed by atoms with Crippen molar-refractivity contribution in [2.24, 2.45) is 0 Å². The van der Waals surface area contributed by atoms with Crippen LogP contribution in [-0.4, -0.2) is 100 Å². The molecule has 0 saturated carbocycles. The second kappa shape index (κ2) is 16.5. The van der Waals surface area contributed by atoms with Crippen molar-refractivity contribution in [2.45, 2.75) is 19.1 Å². The van der Waals surface area contributed by atoms with Gasteiger partial charge in [-0.25, -0.2) is 10.3 Å². The Hall–Kier alpha value is -2.17. The van der Waals surface area contributed by atoms with E-state index in [1.165, 1.54) is 5.48 Å². The summed E-state index contributed by atoms with van der Waals surface area (Å²) in [6, 6.07) is 7.63. The number of hydroxylamine groups is 2. The van der Waals surface area contributed by atoms with Gasteiger partial charge in [-0.2, -0.15) is 0 Å². The summed E-state index contributed by atoms with van der Waals surface area (Å²) in [4.78, 5) is 31.3. The van der Waals surface area contributed by atoms with Crippen LogP contribution in [0.2, 0.25) is 0 Å². The molecule has 192 valence electrons. The Bertz CT molecular complexity index is 754. The molecule has 14 heteroatoms. The third-order valence-electron chi connectivity index (χ3n) is 4.92. The quantitative estimate of drug-likeness (QED) is 0.102. The minimum absolute atomic E-state index is 0.0572. The average Bonchev–Trinajstić information content (AvgIpc) is 2.86. The Balaban J connectivity index is 1.71. The van der Waals surface area contributed by atoms with E-state index in [-0.39, 0.29) is 32.8 Å². The van der Waals surface area contributed by atoms with Gasteiger partial charge in [0.2, 0.25) is 0 Å². The molecular formula is C20H32N5O8S-. The number of nitrogens with zero attached hydrogens (tertiary/aromatic N) is 2. The SMILES string of the molecule is O=C(NCC[C@H](C(=O)NO)N(OCCOCCN1CCNCC1)S(=O)[O-])OCc1ccccc1. The molecule has 1 aromatic carbocycles. The Morgan fingerprint density at radius 3 is 2.62 bits per heavy atom. The fourth-order valence-electron chi connectivity index (χ4n) is 3.15. The molecule has 4 N–H and O–H groups in total. The molecular weight excluding hydrogens is 470 g/mol. The van der Waals surface area contributed by atoms with Crippen molar-refractivity contribution in [3.8, 4) is 0 Å². The number of carbonyl (C=O) groups is 2. The van der Waals surface area contributed by atoms with E-state index in [2.05, 4.69) is 15.5 Å². The number of alkyl carbamates (subject to hydrolysis) is 1. The van der Waals surface area contributed by atoms with Crippen LogP contribution in [0.3, 0.4) is 0 Å². The monoisotopic (exact) mass is 502 g/mol. The van der Waals surface area contributed by atoms with E-state index >= 15 is 0 Å². The highest BCUT2D eigenvalue weighted by Gasteiger charge is 2.28. The van der Waals surface area contributed by atoms with Crippen LogP contribution in [0.4, 0.5) is 4.79 Å². The number of nitrogens with one attached hydrogen (secondary N) is 3. The van der Waals surface area contributed by atoms with Crippen molar-refractivity contribution >= 4 is 23.3 Å². The zero-order chi connectivity index (χ0) is 24.6. The molecule has 0 aromatic heterocycles. The van der Waals surface area contributed by atoms with Crippen molar-refractivity contribution in [3.63, 3.8) is 0 Å². The van der Waals surface area contributed by atoms with Crippen molar-refractivity contribution < 1.29 is 37.9 Å². The summed E-state index contributed by atoms with van der Waals surface area (Å²) in [6.07, 6.45) is -0.911. The van der Waals surface area contributed by atoms with Gasteiger partial charge in [0.1, 0.15) is 12.6 Å². The van der Waals surface area contributed by atoms with Crippen LogP contribution in [0.25, 0.3) is 0 Å². The Morgan fingerprint density at radius 1 is 1.21 bits per heavy atom. The summed E-state index contributed by atoms with van der Waals surface area (Å²) in [5.41, 5.74) is 2.21. The van der Waals surface area contributed by atoms with Gasteiger partial charge < -0.3 is 24.7 Å².